The Hall–Kier alpha value is -1.39. The summed E-state index contributed by atoms with van der Waals surface area (Å²) in [6.45, 7) is 12.2. The zero-order valence-corrected chi connectivity index (χ0v) is 31.8. The maximum Gasteiger partial charge on any atom is 0.222 e. The summed E-state index contributed by atoms with van der Waals surface area (Å²) >= 11 is 0. The van der Waals surface area contributed by atoms with Crippen molar-refractivity contribution >= 4 is 17.6 Å². The minimum Gasteiger partial charge on any atom is -0.340 e. The lowest BCUT2D eigenvalue weighted by Crippen LogP contribution is -2.37. The molecule has 2 amide bonds. The number of carbonyl (C=O) groups excluding carboxylic acids is 3. The van der Waals surface area contributed by atoms with Gasteiger partial charge < -0.3 is 9.80 Å². The fraction of sp³-hybridized carbons (Fsp3) is 0.927. The van der Waals surface area contributed by atoms with Crippen LogP contribution in [0.5, 0.6) is 0 Å². The maximum absolute atomic E-state index is 13.0. The monoisotopic (exact) mass is 649 g/mol. The van der Waals surface area contributed by atoms with Crippen LogP contribution in [-0.2, 0) is 14.4 Å². The molecule has 1 fully saturated rings. The first kappa shape index (κ1) is 44.6. The molecule has 0 aromatic carbocycles. The Morgan fingerprint density at radius 2 is 0.674 bits per heavy atom. The summed E-state index contributed by atoms with van der Waals surface area (Å²) in [5.74, 6) is 0.142. The van der Waals surface area contributed by atoms with E-state index in [4.69, 9.17) is 0 Å². The van der Waals surface area contributed by atoms with E-state index < -0.39 is 0 Å². The summed E-state index contributed by atoms with van der Waals surface area (Å²) in [4.78, 5) is 42.1. The van der Waals surface area contributed by atoms with Gasteiger partial charge in [0, 0.05) is 39.0 Å². The molecule has 272 valence electrons. The second-order valence-corrected chi connectivity index (χ2v) is 14.0. The van der Waals surface area contributed by atoms with Gasteiger partial charge in [-0.15, -0.1) is 0 Å². The summed E-state index contributed by atoms with van der Waals surface area (Å²) in [5, 5.41) is 0. The van der Waals surface area contributed by atoms with E-state index in [-0.39, 0.29) is 23.5 Å². The molecule has 0 N–H and O–H groups in total. The second-order valence-electron chi connectivity index (χ2n) is 14.0. The lowest BCUT2D eigenvalue weighted by Gasteiger charge is -2.22. The Bertz CT molecular complexity index is 658. The van der Waals surface area contributed by atoms with Crippen LogP contribution in [0.4, 0.5) is 0 Å². The number of rotatable bonds is 29. The highest BCUT2D eigenvalue weighted by molar-refractivity contribution is 5.82. The number of unbranched alkanes of at least 4 members (excludes halogenated alkanes) is 24. The van der Waals surface area contributed by atoms with Gasteiger partial charge in [0.25, 0.3) is 0 Å². The Morgan fingerprint density at radius 3 is 0.913 bits per heavy atom. The van der Waals surface area contributed by atoms with E-state index in [0.717, 1.165) is 25.7 Å². The number of hydrogen-bond acceptors (Lipinski definition) is 3. The molecule has 46 heavy (non-hydrogen) atoms. The van der Waals surface area contributed by atoms with Crippen molar-refractivity contribution < 1.29 is 14.4 Å². The first-order valence-corrected chi connectivity index (χ1v) is 20.6. The number of carbonyl (C=O) groups is 3. The summed E-state index contributed by atoms with van der Waals surface area (Å²) in [7, 11) is 0. The average molecular weight is 649 g/mol. The second kappa shape index (κ2) is 33.5. The molecule has 1 saturated heterocycles. The first-order chi connectivity index (χ1) is 22.5. The summed E-state index contributed by atoms with van der Waals surface area (Å²) in [6.07, 6.45) is 34.8. The van der Waals surface area contributed by atoms with Crippen molar-refractivity contribution in [3.63, 3.8) is 0 Å². The molecular weight excluding hydrogens is 568 g/mol. The molecule has 1 aliphatic rings. The van der Waals surface area contributed by atoms with E-state index in [9.17, 15) is 14.4 Å². The summed E-state index contributed by atoms with van der Waals surface area (Å²) in [6, 6.07) is 0. The average Bonchev–Trinajstić information content (AvgIpc) is 3.30. The SMILES string of the molecule is CC.CCCCCCCCCCCCCCCC(=O)N1CCN(C(=O)CCCCCCCCCCCCCCC)CC(C(C)=O)C1. The van der Waals surface area contributed by atoms with Crippen LogP contribution >= 0.6 is 0 Å². The number of Topliss-reactive ketones (excluding diaryl/α,β-unsaturated/α-hetero) is 1. The van der Waals surface area contributed by atoms with E-state index in [1.807, 2.05) is 23.6 Å². The molecule has 0 unspecified atom stereocenters. The molecule has 0 aromatic rings. The van der Waals surface area contributed by atoms with Crippen molar-refractivity contribution in [2.75, 3.05) is 26.2 Å². The minimum absolute atomic E-state index is 0.0874. The molecule has 5 nitrogen and oxygen atoms in total. The van der Waals surface area contributed by atoms with Crippen LogP contribution in [0.1, 0.15) is 214 Å². The Kier molecular flexibility index (Phi) is 32.5. The highest BCUT2D eigenvalue weighted by Crippen LogP contribution is 2.18. The number of hydrogen-bond donors (Lipinski definition) is 0. The van der Waals surface area contributed by atoms with Gasteiger partial charge in [0.2, 0.25) is 11.8 Å². The third-order valence-electron chi connectivity index (χ3n) is 9.79. The summed E-state index contributed by atoms with van der Waals surface area (Å²) in [5.41, 5.74) is 0. The molecule has 5 heteroatoms. The lowest BCUT2D eigenvalue weighted by molar-refractivity contribution is -0.133. The van der Waals surface area contributed by atoms with Gasteiger partial charge in [-0.1, -0.05) is 182 Å². The van der Waals surface area contributed by atoms with Crippen molar-refractivity contribution in [2.24, 2.45) is 5.92 Å². The molecule has 0 saturated carbocycles. The molecular formula is C41H80N2O3. The van der Waals surface area contributed by atoms with Crippen LogP contribution in [0, 0.1) is 5.92 Å². The topological polar surface area (TPSA) is 57.7 Å². The van der Waals surface area contributed by atoms with Crippen molar-refractivity contribution in [2.45, 2.75) is 214 Å². The smallest absolute Gasteiger partial charge is 0.222 e. The minimum atomic E-state index is -0.260. The van der Waals surface area contributed by atoms with Gasteiger partial charge in [0.1, 0.15) is 5.78 Å². The molecule has 1 heterocycles. The van der Waals surface area contributed by atoms with Gasteiger partial charge in [-0.05, 0) is 19.8 Å². The van der Waals surface area contributed by atoms with Crippen molar-refractivity contribution in [1.29, 1.82) is 0 Å². The van der Waals surface area contributed by atoms with Gasteiger partial charge >= 0.3 is 0 Å². The normalized spacial score (nSPS) is 13.8. The van der Waals surface area contributed by atoms with Gasteiger partial charge in [-0.3, -0.25) is 14.4 Å². The van der Waals surface area contributed by atoms with Crippen molar-refractivity contribution in [1.82, 2.24) is 9.80 Å². The molecule has 1 rings (SSSR count). The quantitative estimate of drug-likeness (QED) is 0.0758. The van der Waals surface area contributed by atoms with Crippen LogP contribution in [-0.4, -0.2) is 53.6 Å². The number of nitrogens with zero attached hydrogens (tertiary/aromatic N) is 2. The number of amides is 2. The first-order valence-electron chi connectivity index (χ1n) is 20.6. The third-order valence-corrected chi connectivity index (χ3v) is 9.79. The van der Waals surface area contributed by atoms with Crippen LogP contribution in [0.2, 0.25) is 0 Å². The van der Waals surface area contributed by atoms with E-state index in [0.29, 0.717) is 39.0 Å². The van der Waals surface area contributed by atoms with E-state index >= 15 is 0 Å². The van der Waals surface area contributed by atoms with Crippen molar-refractivity contribution in [3.8, 4) is 0 Å². The Morgan fingerprint density at radius 1 is 0.435 bits per heavy atom. The van der Waals surface area contributed by atoms with Crippen molar-refractivity contribution in [3.05, 3.63) is 0 Å². The number of ketones is 1. The Balaban J connectivity index is 0.00000991. The van der Waals surface area contributed by atoms with Crippen LogP contribution in [0.3, 0.4) is 0 Å². The predicted octanol–water partition coefficient (Wildman–Crippen LogP) is 11.9. The zero-order chi connectivity index (χ0) is 34.1. The third kappa shape index (κ3) is 25.7. The molecule has 1 aliphatic heterocycles. The molecule has 0 radical (unpaired) electrons. The predicted molar refractivity (Wildman–Crippen MR) is 199 cm³/mol. The fourth-order valence-electron chi connectivity index (χ4n) is 6.63. The van der Waals surface area contributed by atoms with E-state index in [1.54, 1.807) is 6.92 Å². The largest absolute Gasteiger partial charge is 0.340 e. The highest BCUT2D eigenvalue weighted by Gasteiger charge is 2.29. The van der Waals surface area contributed by atoms with Crippen LogP contribution in [0.25, 0.3) is 0 Å². The molecule has 0 aromatic heterocycles. The van der Waals surface area contributed by atoms with Gasteiger partial charge in [-0.2, -0.15) is 0 Å². The van der Waals surface area contributed by atoms with Gasteiger partial charge in [0.05, 0.1) is 5.92 Å². The van der Waals surface area contributed by atoms with Gasteiger partial charge in [-0.25, -0.2) is 0 Å². The highest BCUT2D eigenvalue weighted by atomic mass is 16.2. The summed E-state index contributed by atoms with van der Waals surface area (Å²) < 4.78 is 0. The molecule has 0 bridgehead atoms. The van der Waals surface area contributed by atoms with E-state index in [1.165, 1.54) is 141 Å². The lowest BCUT2D eigenvalue weighted by atomic mass is 10.0. The molecule has 0 atom stereocenters. The zero-order valence-electron chi connectivity index (χ0n) is 31.8. The van der Waals surface area contributed by atoms with Crippen LogP contribution < -0.4 is 0 Å². The van der Waals surface area contributed by atoms with E-state index in [2.05, 4.69) is 13.8 Å². The maximum atomic E-state index is 13.0. The standard InChI is InChI=1S/C39H74N2O3.C2H6/c1-4-6-8-10-12-14-16-18-20-22-24-26-28-30-38(43)40-32-33-41(35-37(34-40)36(3)42)39(44)31-29-27-25-23-21-19-17-15-13-11-9-7-5-2;1-2/h37H,4-35H2,1-3H3;1-2H3. The fourth-order valence-corrected chi connectivity index (χ4v) is 6.63. The Labute approximate surface area is 287 Å². The molecule has 0 spiro atoms. The van der Waals surface area contributed by atoms with Gasteiger partial charge in [0.15, 0.2) is 0 Å². The molecule has 0 aliphatic carbocycles. The van der Waals surface area contributed by atoms with Crippen LogP contribution in [0.15, 0.2) is 0 Å².